The maximum Gasteiger partial charge on any atom is 0.142 e. The van der Waals surface area contributed by atoms with E-state index >= 15 is 0 Å². The number of benzene rings is 1. The second-order valence-electron chi connectivity index (χ2n) is 4.06. The Bertz CT molecular complexity index is 372. The SMILES string of the molecule is Fc1cccc(CC2COCCC2Br)c1Cl. The van der Waals surface area contributed by atoms with Gasteiger partial charge in [-0.25, -0.2) is 4.39 Å². The van der Waals surface area contributed by atoms with E-state index in [0.717, 1.165) is 25.0 Å². The molecule has 16 heavy (non-hydrogen) atoms. The fourth-order valence-electron chi connectivity index (χ4n) is 1.95. The number of ether oxygens (including phenoxy) is 1. The highest BCUT2D eigenvalue weighted by Gasteiger charge is 2.24. The molecule has 1 aliphatic rings. The number of hydrogen-bond donors (Lipinski definition) is 0. The summed E-state index contributed by atoms with van der Waals surface area (Å²) in [6.07, 6.45) is 1.75. The van der Waals surface area contributed by atoms with Crippen LogP contribution in [0, 0.1) is 11.7 Å². The summed E-state index contributed by atoms with van der Waals surface area (Å²) in [7, 11) is 0. The lowest BCUT2D eigenvalue weighted by Gasteiger charge is -2.27. The highest BCUT2D eigenvalue weighted by Crippen LogP contribution is 2.29. The van der Waals surface area contributed by atoms with Crippen molar-refractivity contribution in [3.05, 3.63) is 34.6 Å². The van der Waals surface area contributed by atoms with Crippen LogP contribution in [0.1, 0.15) is 12.0 Å². The summed E-state index contributed by atoms with van der Waals surface area (Å²) in [4.78, 5) is 0.431. The third-order valence-electron chi connectivity index (χ3n) is 2.90. The van der Waals surface area contributed by atoms with E-state index in [4.69, 9.17) is 16.3 Å². The smallest absolute Gasteiger partial charge is 0.142 e. The van der Waals surface area contributed by atoms with Crippen LogP contribution < -0.4 is 0 Å². The van der Waals surface area contributed by atoms with Crippen molar-refractivity contribution >= 4 is 27.5 Å². The summed E-state index contributed by atoms with van der Waals surface area (Å²) >= 11 is 9.57. The minimum Gasteiger partial charge on any atom is -0.381 e. The van der Waals surface area contributed by atoms with Crippen LogP contribution in [0.4, 0.5) is 4.39 Å². The van der Waals surface area contributed by atoms with Gasteiger partial charge in [0.15, 0.2) is 0 Å². The molecule has 2 rings (SSSR count). The summed E-state index contributed by atoms with van der Waals surface area (Å²) in [6.45, 7) is 1.51. The standard InChI is InChI=1S/C12H13BrClFO/c13-10-4-5-16-7-9(10)6-8-2-1-3-11(15)12(8)14/h1-3,9-10H,4-7H2. The Balaban J connectivity index is 2.10. The van der Waals surface area contributed by atoms with Crippen molar-refractivity contribution in [2.75, 3.05) is 13.2 Å². The van der Waals surface area contributed by atoms with Gasteiger partial charge in [0.2, 0.25) is 0 Å². The zero-order chi connectivity index (χ0) is 11.5. The lowest BCUT2D eigenvalue weighted by Crippen LogP contribution is -2.29. The van der Waals surface area contributed by atoms with Crippen molar-refractivity contribution in [3.63, 3.8) is 0 Å². The third kappa shape index (κ3) is 2.76. The van der Waals surface area contributed by atoms with E-state index in [-0.39, 0.29) is 10.8 Å². The van der Waals surface area contributed by atoms with Crippen LogP contribution in [0.15, 0.2) is 18.2 Å². The van der Waals surface area contributed by atoms with Crippen LogP contribution in [0.5, 0.6) is 0 Å². The Kier molecular flexibility index (Phi) is 4.22. The second kappa shape index (κ2) is 5.48. The molecule has 0 amide bonds. The Morgan fingerprint density at radius 1 is 1.50 bits per heavy atom. The third-order valence-corrected chi connectivity index (χ3v) is 4.52. The predicted molar refractivity (Wildman–Crippen MR) is 66.8 cm³/mol. The van der Waals surface area contributed by atoms with Crippen LogP contribution >= 0.6 is 27.5 Å². The molecular formula is C12H13BrClFO. The van der Waals surface area contributed by atoms with Gasteiger partial charge >= 0.3 is 0 Å². The van der Waals surface area contributed by atoms with Crippen molar-refractivity contribution < 1.29 is 9.13 Å². The highest BCUT2D eigenvalue weighted by atomic mass is 79.9. The van der Waals surface area contributed by atoms with Crippen molar-refractivity contribution in [1.29, 1.82) is 0 Å². The first-order valence-corrected chi connectivity index (χ1v) is 6.62. The monoisotopic (exact) mass is 306 g/mol. The van der Waals surface area contributed by atoms with E-state index in [9.17, 15) is 4.39 Å². The molecule has 4 heteroatoms. The summed E-state index contributed by atoms with van der Waals surface area (Å²) in [5.74, 6) is 0.0232. The molecule has 0 spiro atoms. The Morgan fingerprint density at radius 2 is 2.31 bits per heavy atom. The van der Waals surface area contributed by atoms with Gasteiger partial charge in [0.05, 0.1) is 11.6 Å². The van der Waals surface area contributed by atoms with Crippen molar-refractivity contribution in [1.82, 2.24) is 0 Å². The largest absolute Gasteiger partial charge is 0.381 e. The zero-order valence-electron chi connectivity index (χ0n) is 8.76. The molecule has 88 valence electrons. The van der Waals surface area contributed by atoms with E-state index in [1.807, 2.05) is 6.07 Å². The van der Waals surface area contributed by atoms with Crippen LogP contribution in [0.2, 0.25) is 5.02 Å². The highest BCUT2D eigenvalue weighted by molar-refractivity contribution is 9.09. The quantitative estimate of drug-likeness (QED) is 0.755. The molecule has 2 atom stereocenters. The van der Waals surface area contributed by atoms with Gasteiger partial charge in [0.1, 0.15) is 5.82 Å². The lowest BCUT2D eigenvalue weighted by atomic mass is 9.94. The summed E-state index contributed by atoms with van der Waals surface area (Å²) in [6, 6.07) is 4.96. The minimum absolute atomic E-state index is 0.243. The number of alkyl halides is 1. The van der Waals surface area contributed by atoms with E-state index < -0.39 is 0 Å². The summed E-state index contributed by atoms with van der Waals surface area (Å²) < 4.78 is 18.7. The minimum atomic E-state index is -0.345. The molecule has 0 aromatic heterocycles. The molecule has 1 saturated heterocycles. The second-order valence-corrected chi connectivity index (χ2v) is 5.61. The number of rotatable bonds is 2. The molecule has 1 fully saturated rings. The fraction of sp³-hybridized carbons (Fsp3) is 0.500. The number of halogens is 3. The van der Waals surface area contributed by atoms with E-state index in [1.165, 1.54) is 6.07 Å². The molecule has 2 unspecified atom stereocenters. The van der Waals surface area contributed by atoms with E-state index in [2.05, 4.69) is 15.9 Å². The van der Waals surface area contributed by atoms with Crippen LogP contribution in [0.25, 0.3) is 0 Å². The normalized spacial score (nSPS) is 25.7. The van der Waals surface area contributed by atoms with Gasteiger partial charge in [0.25, 0.3) is 0 Å². The van der Waals surface area contributed by atoms with Gasteiger partial charge in [-0.3, -0.25) is 0 Å². The lowest BCUT2D eigenvalue weighted by molar-refractivity contribution is 0.0605. The van der Waals surface area contributed by atoms with Gasteiger partial charge in [-0.05, 0) is 30.4 Å². The molecule has 1 aliphatic heterocycles. The Labute approximate surface area is 108 Å². The molecular weight excluding hydrogens is 294 g/mol. The maximum atomic E-state index is 13.3. The van der Waals surface area contributed by atoms with Crippen molar-refractivity contribution in [2.24, 2.45) is 5.92 Å². The molecule has 0 N–H and O–H groups in total. The molecule has 0 radical (unpaired) electrons. The molecule has 1 heterocycles. The number of hydrogen-bond acceptors (Lipinski definition) is 1. The van der Waals surface area contributed by atoms with Gasteiger partial charge in [-0.15, -0.1) is 0 Å². The fourth-order valence-corrected chi connectivity index (χ4v) is 2.68. The molecule has 0 aliphatic carbocycles. The first-order chi connectivity index (χ1) is 7.68. The van der Waals surface area contributed by atoms with Crippen molar-refractivity contribution in [2.45, 2.75) is 17.7 Å². The average Bonchev–Trinajstić information content (AvgIpc) is 2.28. The maximum absolute atomic E-state index is 13.3. The predicted octanol–water partition coefficient (Wildman–Crippen LogP) is 3.82. The van der Waals surface area contributed by atoms with E-state index in [1.54, 1.807) is 6.07 Å². The van der Waals surface area contributed by atoms with Gasteiger partial charge < -0.3 is 4.74 Å². The summed E-state index contributed by atoms with van der Waals surface area (Å²) in [5, 5.41) is 0.243. The topological polar surface area (TPSA) is 9.23 Å². The summed E-state index contributed by atoms with van der Waals surface area (Å²) in [5.41, 5.74) is 0.863. The first-order valence-electron chi connectivity index (χ1n) is 5.33. The molecule has 0 bridgehead atoms. The molecule has 1 nitrogen and oxygen atoms in total. The van der Waals surface area contributed by atoms with Crippen LogP contribution in [0.3, 0.4) is 0 Å². The molecule has 0 saturated carbocycles. The van der Waals surface area contributed by atoms with Gasteiger partial charge in [-0.2, -0.15) is 0 Å². The van der Waals surface area contributed by atoms with Gasteiger partial charge in [0, 0.05) is 11.4 Å². The van der Waals surface area contributed by atoms with Crippen molar-refractivity contribution in [3.8, 4) is 0 Å². The molecule has 1 aromatic carbocycles. The first kappa shape index (κ1) is 12.3. The molecule has 1 aromatic rings. The zero-order valence-corrected chi connectivity index (χ0v) is 11.1. The van der Waals surface area contributed by atoms with Crippen LogP contribution in [-0.4, -0.2) is 18.0 Å². The Morgan fingerprint density at radius 3 is 3.06 bits per heavy atom. The average molecular weight is 308 g/mol. The van der Waals surface area contributed by atoms with Crippen LogP contribution in [-0.2, 0) is 11.2 Å². The Hall–Kier alpha value is -0.120. The van der Waals surface area contributed by atoms with Gasteiger partial charge in [-0.1, -0.05) is 39.7 Å². The van der Waals surface area contributed by atoms with E-state index in [0.29, 0.717) is 17.4 Å².